The zero-order valence-electron chi connectivity index (χ0n) is 21.2. The van der Waals surface area contributed by atoms with E-state index in [1.807, 2.05) is 0 Å². The minimum absolute atomic E-state index is 0.116. The fourth-order valence-electron chi connectivity index (χ4n) is 9.49. The van der Waals surface area contributed by atoms with Gasteiger partial charge in [0.1, 0.15) is 0 Å². The standard InChI is InChI=1S/C27H46O4S/c1-17-11-13-26(3)19(15-17)16-23(32(6,29)30)25-21-9-8-20(18(2)7-10-24(28)31-5)27(21,4)14-12-22(25)26/h17-23,25H,7-16H2,1-6H3/t17?,18-,19-,20?,21?,22?,23-,25?,26+,27-/m1/s1. The van der Waals surface area contributed by atoms with E-state index in [1.165, 1.54) is 51.9 Å². The summed E-state index contributed by atoms with van der Waals surface area (Å²) < 4.78 is 31.2. The van der Waals surface area contributed by atoms with E-state index in [1.54, 1.807) is 0 Å². The minimum Gasteiger partial charge on any atom is -0.469 e. The summed E-state index contributed by atoms with van der Waals surface area (Å²) in [7, 11) is -1.61. The van der Waals surface area contributed by atoms with Crippen LogP contribution >= 0.6 is 0 Å². The van der Waals surface area contributed by atoms with Crippen molar-refractivity contribution in [1.29, 1.82) is 0 Å². The Labute approximate surface area is 196 Å². The number of esters is 1. The van der Waals surface area contributed by atoms with Crippen LogP contribution in [0.25, 0.3) is 0 Å². The molecular weight excluding hydrogens is 420 g/mol. The topological polar surface area (TPSA) is 60.4 Å². The normalized spacial score (nSPS) is 47.1. The van der Waals surface area contributed by atoms with Crippen molar-refractivity contribution in [2.24, 2.45) is 52.3 Å². The molecule has 0 heterocycles. The van der Waals surface area contributed by atoms with Crippen LogP contribution in [0.2, 0.25) is 0 Å². The van der Waals surface area contributed by atoms with E-state index < -0.39 is 9.84 Å². The average molecular weight is 467 g/mol. The predicted molar refractivity (Wildman–Crippen MR) is 129 cm³/mol. The van der Waals surface area contributed by atoms with Crippen LogP contribution in [0.5, 0.6) is 0 Å². The van der Waals surface area contributed by atoms with Gasteiger partial charge in [0.15, 0.2) is 9.84 Å². The molecule has 184 valence electrons. The molecule has 0 saturated heterocycles. The number of methoxy groups -OCH3 is 1. The monoisotopic (exact) mass is 466 g/mol. The van der Waals surface area contributed by atoms with Crippen molar-refractivity contribution >= 4 is 15.8 Å². The first-order valence-electron chi connectivity index (χ1n) is 13.2. The minimum atomic E-state index is -3.08. The molecule has 0 radical (unpaired) electrons. The van der Waals surface area contributed by atoms with Gasteiger partial charge in [-0.3, -0.25) is 4.79 Å². The highest BCUT2D eigenvalue weighted by Gasteiger charge is 2.64. The van der Waals surface area contributed by atoms with Crippen molar-refractivity contribution in [3.05, 3.63) is 0 Å². The molecule has 0 aromatic heterocycles. The van der Waals surface area contributed by atoms with Gasteiger partial charge in [-0.2, -0.15) is 0 Å². The van der Waals surface area contributed by atoms with Gasteiger partial charge in [0.2, 0.25) is 0 Å². The summed E-state index contributed by atoms with van der Waals surface area (Å²) in [5.74, 6) is 3.60. The number of sulfone groups is 1. The van der Waals surface area contributed by atoms with E-state index in [2.05, 4.69) is 27.7 Å². The van der Waals surface area contributed by atoms with Gasteiger partial charge in [-0.25, -0.2) is 8.42 Å². The van der Waals surface area contributed by atoms with Crippen molar-refractivity contribution in [2.75, 3.05) is 13.4 Å². The van der Waals surface area contributed by atoms with E-state index in [0.29, 0.717) is 47.3 Å². The highest BCUT2D eigenvalue weighted by molar-refractivity contribution is 7.91. The molecule has 4 aliphatic rings. The van der Waals surface area contributed by atoms with Crippen molar-refractivity contribution in [1.82, 2.24) is 0 Å². The fraction of sp³-hybridized carbons (Fsp3) is 0.963. The fourth-order valence-corrected chi connectivity index (χ4v) is 11.0. The third kappa shape index (κ3) is 3.96. The summed E-state index contributed by atoms with van der Waals surface area (Å²) in [6.45, 7) is 9.66. The largest absolute Gasteiger partial charge is 0.469 e. The maximum Gasteiger partial charge on any atom is 0.305 e. The first-order chi connectivity index (χ1) is 14.9. The van der Waals surface area contributed by atoms with Crippen LogP contribution in [0.3, 0.4) is 0 Å². The molecule has 4 rings (SSSR count). The van der Waals surface area contributed by atoms with E-state index >= 15 is 0 Å². The lowest BCUT2D eigenvalue weighted by atomic mass is 9.44. The van der Waals surface area contributed by atoms with Crippen molar-refractivity contribution in [2.45, 2.75) is 97.2 Å². The number of carbonyl (C=O) groups is 1. The Bertz CT molecular complexity index is 822. The summed E-state index contributed by atoms with van der Waals surface area (Å²) in [6.07, 6.45) is 12.3. The maximum atomic E-state index is 13.2. The van der Waals surface area contributed by atoms with Gasteiger partial charge in [-0.1, -0.05) is 34.1 Å². The number of rotatable bonds is 5. The predicted octanol–water partition coefficient (Wildman–Crippen LogP) is 5.89. The third-order valence-corrected chi connectivity index (χ3v) is 12.9. The van der Waals surface area contributed by atoms with Crippen LogP contribution in [0, 0.1) is 52.3 Å². The van der Waals surface area contributed by atoms with Crippen LogP contribution in [0.1, 0.15) is 91.9 Å². The first kappa shape index (κ1) is 24.5. The lowest BCUT2D eigenvalue weighted by Crippen LogP contribution is -2.59. The molecule has 0 bridgehead atoms. The molecule has 0 spiro atoms. The lowest BCUT2D eigenvalue weighted by molar-refractivity contribution is -0.141. The Morgan fingerprint density at radius 3 is 2.34 bits per heavy atom. The number of hydrogen-bond acceptors (Lipinski definition) is 4. The molecule has 0 amide bonds. The highest BCUT2D eigenvalue weighted by atomic mass is 32.2. The van der Waals surface area contributed by atoms with Gasteiger partial charge in [0.05, 0.1) is 12.4 Å². The molecule has 0 aliphatic heterocycles. The summed E-state index contributed by atoms with van der Waals surface area (Å²) in [4.78, 5) is 11.7. The quantitative estimate of drug-likeness (QED) is 0.474. The zero-order chi connectivity index (χ0) is 23.5. The maximum absolute atomic E-state index is 13.2. The van der Waals surface area contributed by atoms with E-state index in [0.717, 1.165) is 25.2 Å². The van der Waals surface area contributed by atoms with Gasteiger partial charge in [0, 0.05) is 12.7 Å². The van der Waals surface area contributed by atoms with Crippen LogP contribution in [-0.2, 0) is 19.4 Å². The molecule has 4 nitrogen and oxygen atoms in total. The first-order valence-corrected chi connectivity index (χ1v) is 15.1. The zero-order valence-corrected chi connectivity index (χ0v) is 22.0. The van der Waals surface area contributed by atoms with Crippen LogP contribution in [0.15, 0.2) is 0 Å². The van der Waals surface area contributed by atoms with Crippen LogP contribution in [0.4, 0.5) is 0 Å². The molecule has 32 heavy (non-hydrogen) atoms. The smallest absolute Gasteiger partial charge is 0.305 e. The summed E-state index contributed by atoms with van der Waals surface area (Å²) >= 11 is 0. The molecular formula is C27H46O4S. The Morgan fingerprint density at radius 1 is 1.03 bits per heavy atom. The highest BCUT2D eigenvalue weighted by Crippen LogP contribution is 2.69. The van der Waals surface area contributed by atoms with Crippen LogP contribution in [-0.4, -0.2) is 33.0 Å². The molecule has 0 aromatic carbocycles. The summed E-state index contributed by atoms with van der Waals surface area (Å²) in [5.41, 5.74) is 0.513. The molecule has 10 atom stereocenters. The molecule has 5 unspecified atom stereocenters. The second-order valence-corrected chi connectivity index (χ2v) is 15.1. The SMILES string of the molecule is COC(=O)CC[C@@H](C)C1CCC2C3C(CC[C@@]21C)[C@@]1(C)CCC(C)C[C@@H]1C[C@H]3S(C)(=O)=O. The number of ether oxygens (including phenoxy) is 1. The Hall–Kier alpha value is -0.580. The Balaban J connectivity index is 1.63. The Kier molecular flexibility index (Phi) is 6.57. The summed E-state index contributed by atoms with van der Waals surface area (Å²) in [6, 6.07) is 0. The van der Waals surface area contributed by atoms with Gasteiger partial charge in [-0.15, -0.1) is 0 Å². The molecule has 4 fully saturated rings. The molecule has 0 N–H and O–H groups in total. The second-order valence-electron chi connectivity index (χ2n) is 12.8. The van der Waals surface area contributed by atoms with Gasteiger partial charge < -0.3 is 4.74 Å². The van der Waals surface area contributed by atoms with Gasteiger partial charge >= 0.3 is 5.97 Å². The van der Waals surface area contributed by atoms with E-state index in [4.69, 9.17) is 4.74 Å². The number of hydrogen-bond donors (Lipinski definition) is 0. The van der Waals surface area contributed by atoms with Gasteiger partial charge in [-0.05, 0) is 104 Å². The van der Waals surface area contributed by atoms with E-state index in [-0.39, 0.29) is 16.6 Å². The lowest BCUT2D eigenvalue weighted by Gasteiger charge is -2.63. The second kappa shape index (κ2) is 8.57. The molecule has 4 aliphatic carbocycles. The van der Waals surface area contributed by atoms with E-state index in [9.17, 15) is 13.2 Å². The number of fused-ring (bicyclic) bond motifs is 5. The van der Waals surface area contributed by atoms with Gasteiger partial charge in [0.25, 0.3) is 0 Å². The summed E-state index contributed by atoms with van der Waals surface area (Å²) in [5, 5.41) is -0.162. The number of carbonyl (C=O) groups excluding carboxylic acids is 1. The van der Waals surface area contributed by atoms with Crippen molar-refractivity contribution < 1.29 is 17.9 Å². The molecule has 0 aromatic rings. The van der Waals surface area contributed by atoms with Crippen molar-refractivity contribution in [3.8, 4) is 0 Å². The average Bonchev–Trinajstić information content (AvgIpc) is 3.08. The molecule has 4 saturated carbocycles. The third-order valence-electron chi connectivity index (χ3n) is 11.3. The van der Waals surface area contributed by atoms with Crippen molar-refractivity contribution in [3.63, 3.8) is 0 Å². The van der Waals surface area contributed by atoms with Crippen LogP contribution < -0.4 is 0 Å². The Morgan fingerprint density at radius 2 is 1.69 bits per heavy atom. The molecule has 5 heteroatoms.